The van der Waals surface area contributed by atoms with E-state index in [1.807, 2.05) is 18.2 Å². The van der Waals surface area contributed by atoms with Gasteiger partial charge in [0.1, 0.15) is 0 Å². The van der Waals surface area contributed by atoms with Gasteiger partial charge in [0.25, 0.3) is 0 Å². The molecule has 2 atom stereocenters. The van der Waals surface area contributed by atoms with Crippen LogP contribution in [0, 0.1) is 0 Å². The van der Waals surface area contributed by atoms with Crippen LogP contribution in [0.1, 0.15) is 31.1 Å². The zero-order chi connectivity index (χ0) is 13.3. The van der Waals surface area contributed by atoms with Gasteiger partial charge in [-0.1, -0.05) is 15.9 Å². The number of carbonyl (C=O) groups excluding carboxylic acids is 1. The minimum Gasteiger partial charge on any atom is -0.372 e. The average Bonchev–Trinajstić information content (AvgIpc) is 2.27. The van der Waals surface area contributed by atoms with Crippen LogP contribution in [-0.2, 0) is 4.74 Å². The topological polar surface area (TPSA) is 29.5 Å². The molecule has 1 fully saturated rings. The van der Waals surface area contributed by atoms with Gasteiger partial charge in [-0.05, 0) is 39.0 Å². The molecule has 18 heavy (non-hydrogen) atoms. The number of rotatable bonds is 2. The van der Waals surface area contributed by atoms with E-state index < -0.39 is 0 Å². The summed E-state index contributed by atoms with van der Waals surface area (Å²) in [5, 5.41) is 0. The summed E-state index contributed by atoms with van der Waals surface area (Å²) in [4.78, 5) is 14.0. The molecule has 1 aromatic rings. The molecule has 4 heteroatoms. The first kappa shape index (κ1) is 13.6. The number of morpholine rings is 1. The summed E-state index contributed by atoms with van der Waals surface area (Å²) >= 11 is 3.42. The molecule has 1 aromatic carbocycles. The summed E-state index contributed by atoms with van der Waals surface area (Å²) in [6, 6.07) is 5.88. The molecule has 0 N–H and O–H groups in total. The molecular formula is C14H18BrNO2. The molecule has 0 unspecified atom stereocenters. The van der Waals surface area contributed by atoms with Gasteiger partial charge in [0.15, 0.2) is 5.78 Å². The van der Waals surface area contributed by atoms with Crippen LogP contribution < -0.4 is 4.90 Å². The van der Waals surface area contributed by atoms with Crippen LogP contribution in [0.5, 0.6) is 0 Å². The molecule has 0 saturated carbocycles. The van der Waals surface area contributed by atoms with E-state index in [-0.39, 0.29) is 18.0 Å². The lowest BCUT2D eigenvalue weighted by molar-refractivity contribution is -0.00526. The fraction of sp³-hybridized carbons (Fsp3) is 0.500. The van der Waals surface area contributed by atoms with Crippen LogP contribution in [0.2, 0.25) is 0 Å². The Bertz CT molecular complexity index is 451. The van der Waals surface area contributed by atoms with Crippen LogP contribution in [0.25, 0.3) is 0 Å². The summed E-state index contributed by atoms with van der Waals surface area (Å²) in [5.41, 5.74) is 1.78. The normalized spacial score (nSPS) is 24.1. The van der Waals surface area contributed by atoms with Crippen molar-refractivity contribution in [3.63, 3.8) is 0 Å². The van der Waals surface area contributed by atoms with E-state index in [0.717, 1.165) is 28.8 Å². The van der Waals surface area contributed by atoms with E-state index in [9.17, 15) is 4.79 Å². The number of halogens is 1. The van der Waals surface area contributed by atoms with Crippen molar-refractivity contribution in [2.45, 2.75) is 33.0 Å². The van der Waals surface area contributed by atoms with Gasteiger partial charge in [-0.2, -0.15) is 0 Å². The maximum atomic E-state index is 11.7. The largest absolute Gasteiger partial charge is 0.372 e. The summed E-state index contributed by atoms with van der Waals surface area (Å²) in [7, 11) is 0. The van der Waals surface area contributed by atoms with Crippen molar-refractivity contribution >= 4 is 27.4 Å². The number of anilines is 1. The van der Waals surface area contributed by atoms with E-state index in [4.69, 9.17) is 4.74 Å². The summed E-state index contributed by atoms with van der Waals surface area (Å²) in [5.74, 6) is 0.0955. The molecule has 0 bridgehead atoms. The van der Waals surface area contributed by atoms with Crippen molar-refractivity contribution in [2.75, 3.05) is 18.0 Å². The molecule has 98 valence electrons. The number of Topliss-reactive ketones (excluding diaryl/α,β-unsaturated/α-hetero) is 1. The van der Waals surface area contributed by atoms with Gasteiger partial charge in [0.05, 0.1) is 12.2 Å². The van der Waals surface area contributed by atoms with Gasteiger partial charge in [-0.25, -0.2) is 0 Å². The van der Waals surface area contributed by atoms with E-state index in [1.54, 1.807) is 6.92 Å². The van der Waals surface area contributed by atoms with E-state index in [2.05, 4.69) is 34.7 Å². The van der Waals surface area contributed by atoms with E-state index >= 15 is 0 Å². The second-order valence-corrected chi connectivity index (χ2v) is 5.80. The van der Waals surface area contributed by atoms with Gasteiger partial charge in [-0.3, -0.25) is 4.79 Å². The van der Waals surface area contributed by atoms with Gasteiger partial charge < -0.3 is 9.64 Å². The maximum Gasteiger partial charge on any atom is 0.161 e. The third-order valence-corrected chi connectivity index (χ3v) is 3.59. The van der Waals surface area contributed by atoms with Gasteiger partial charge in [0.2, 0.25) is 0 Å². The highest BCUT2D eigenvalue weighted by Crippen LogP contribution is 2.27. The second-order valence-electron chi connectivity index (χ2n) is 4.88. The molecule has 1 aliphatic rings. The Morgan fingerprint density at radius 2 is 1.94 bits per heavy atom. The fourth-order valence-corrected chi connectivity index (χ4v) is 2.80. The monoisotopic (exact) mass is 311 g/mol. The number of hydrogen-bond donors (Lipinski definition) is 0. The maximum absolute atomic E-state index is 11.7. The summed E-state index contributed by atoms with van der Waals surface area (Å²) in [6.45, 7) is 7.39. The summed E-state index contributed by atoms with van der Waals surface area (Å²) < 4.78 is 6.66. The number of ketones is 1. The van der Waals surface area contributed by atoms with E-state index in [0.29, 0.717) is 0 Å². The Morgan fingerprint density at radius 3 is 2.50 bits per heavy atom. The summed E-state index contributed by atoms with van der Waals surface area (Å²) in [6.07, 6.45) is 0.384. The van der Waals surface area contributed by atoms with Crippen molar-refractivity contribution in [1.29, 1.82) is 0 Å². The first-order chi connectivity index (χ1) is 8.47. The first-order valence-electron chi connectivity index (χ1n) is 6.18. The van der Waals surface area contributed by atoms with Crippen LogP contribution in [0.15, 0.2) is 22.7 Å². The molecular weight excluding hydrogens is 294 g/mol. The fourth-order valence-electron chi connectivity index (χ4n) is 2.44. The lowest BCUT2D eigenvalue weighted by Gasteiger charge is -2.37. The molecule has 2 rings (SSSR count). The Morgan fingerprint density at radius 1 is 1.33 bits per heavy atom. The number of nitrogens with zero attached hydrogens (tertiary/aromatic N) is 1. The van der Waals surface area contributed by atoms with Crippen molar-refractivity contribution in [2.24, 2.45) is 0 Å². The van der Waals surface area contributed by atoms with Crippen molar-refractivity contribution in [3.8, 4) is 0 Å². The molecule has 0 aliphatic carbocycles. The predicted molar refractivity (Wildman–Crippen MR) is 76.4 cm³/mol. The molecule has 1 heterocycles. The number of hydrogen-bond acceptors (Lipinski definition) is 3. The lowest BCUT2D eigenvalue weighted by atomic mass is 10.1. The average molecular weight is 312 g/mol. The van der Waals surface area contributed by atoms with Crippen molar-refractivity contribution in [3.05, 3.63) is 28.2 Å². The van der Waals surface area contributed by atoms with Crippen molar-refractivity contribution in [1.82, 2.24) is 0 Å². The van der Waals surface area contributed by atoms with Gasteiger partial charge >= 0.3 is 0 Å². The zero-order valence-corrected chi connectivity index (χ0v) is 12.5. The molecule has 0 spiro atoms. The highest BCUT2D eigenvalue weighted by molar-refractivity contribution is 9.10. The standard InChI is InChI=1S/C14H18BrNO2/c1-9-7-16(8-10(2)18-9)14-5-4-12(15)6-13(14)11(3)17/h4-6,9-10H,7-8H2,1-3H3/t9-,10+. The smallest absolute Gasteiger partial charge is 0.161 e. The Labute approximate surface area is 116 Å². The first-order valence-corrected chi connectivity index (χ1v) is 6.97. The molecule has 0 amide bonds. The van der Waals surface area contributed by atoms with Crippen LogP contribution in [0.3, 0.4) is 0 Å². The highest BCUT2D eigenvalue weighted by Gasteiger charge is 2.24. The zero-order valence-electron chi connectivity index (χ0n) is 10.9. The quantitative estimate of drug-likeness (QED) is 0.785. The van der Waals surface area contributed by atoms with Gasteiger partial charge in [-0.15, -0.1) is 0 Å². The third-order valence-electron chi connectivity index (χ3n) is 3.10. The Kier molecular flexibility index (Phi) is 4.07. The number of ether oxygens (including phenoxy) is 1. The second kappa shape index (κ2) is 5.41. The van der Waals surface area contributed by atoms with Crippen LogP contribution in [-0.4, -0.2) is 31.1 Å². The van der Waals surface area contributed by atoms with Crippen LogP contribution >= 0.6 is 15.9 Å². The van der Waals surface area contributed by atoms with E-state index in [1.165, 1.54) is 0 Å². The Balaban J connectivity index is 2.35. The van der Waals surface area contributed by atoms with Crippen LogP contribution in [0.4, 0.5) is 5.69 Å². The number of benzene rings is 1. The minimum atomic E-state index is 0.0955. The molecule has 1 saturated heterocycles. The molecule has 0 radical (unpaired) electrons. The highest BCUT2D eigenvalue weighted by atomic mass is 79.9. The van der Waals surface area contributed by atoms with Crippen molar-refractivity contribution < 1.29 is 9.53 Å². The lowest BCUT2D eigenvalue weighted by Crippen LogP contribution is -2.46. The SMILES string of the molecule is CC(=O)c1cc(Br)ccc1N1C[C@@H](C)O[C@@H](C)C1. The minimum absolute atomic E-state index is 0.0955. The molecule has 0 aromatic heterocycles. The van der Waals surface area contributed by atoms with Gasteiger partial charge in [0, 0.05) is 28.8 Å². The Hall–Kier alpha value is -0.870. The molecule has 3 nitrogen and oxygen atoms in total. The third kappa shape index (κ3) is 2.93. The number of carbonyl (C=O) groups is 1. The predicted octanol–water partition coefficient (Wildman–Crippen LogP) is 3.27. The molecule has 1 aliphatic heterocycles.